The summed E-state index contributed by atoms with van der Waals surface area (Å²) >= 11 is 0. The molecule has 0 atom stereocenters. The van der Waals surface area contributed by atoms with Crippen molar-refractivity contribution in [3.63, 3.8) is 0 Å². The summed E-state index contributed by atoms with van der Waals surface area (Å²) in [6.07, 6.45) is 1.68. The molecule has 0 unspecified atom stereocenters. The molecule has 0 aromatic heterocycles. The standard InChI is InChI=1S/C10H23NO2SSi/c1-9(2,3)11-14(12,13)10(7-8-10)15(4,5)6/h11H,7-8H2,1-6H3. The minimum atomic E-state index is -3.15. The van der Waals surface area contributed by atoms with Gasteiger partial charge in [0.1, 0.15) is 0 Å². The predicted octanol–water partition coefficient (Wildman–Crippen LogP) is 2.11. The van der Waals surface area contributed by atoms with Crippen molar-refractivity contribution in [1.82, 2.24) is 4.72 Å². The Labute approximate surface area is 94.7 Å². The van der Waals surface area contributed by atoms with Crippen molar-refractivity contribution >= 4 is 18.1 Å². The zero-order chi connectivity index (χ0) is 12.1. The normalized spacial score (nSPS) is 21.5. The Balaban J connectivity index is 2.99. The van der Waals surface area contributed by atoms with Crippen LogP contribution in [0.15, 0.2) is 0 Å². The highest BCUT2D eigenvalue weighted by Crippen LogP contribution is 2.50. The lowest BCUT2D eigenvalue weighted by atomic mass is 10.1. The summed E-state index contributed by atoms with van der Waals surface area (Å²) in [6, 6.07) is 0. The molecule has 5 heteroatoms. The third-order valence-electron chi connectivity index (χ3n) is 3.03. The Hall–Kier alpha value is 0.127. The number of sulfonamides is 1. The predicted molar refractivity (Wildman–Crippen MR) is 67.1 cm³/mol. The van der Waals surface area contributed by atoms with Crippen LogP contribution in [-0.2, 0) is 10.0 Å². The summed E-state index contributed by atoms with van der Waals surface area (Å²) < 4.78 is 27.0. The summed E-state index contributed by atoms with van der Waals surface area (Å²) in [5.41, 5.74) is -0.367. The molecule has 0 spiro atoms. The second-order valence-electron chi connectivity index (χ2n) is 6.60. The molecule has 0 saturated heterocycles. The first-order valence-electron chi connectivity index (χ1n) is 5.45. The fourth-order valence-corrected chi connectivity index (χ4v) is 8.68. The van der Waals surface area contributed by atoms with Crippen LogP contribution in [-0.4, -0.2) is 26.4 Å². The van der Waals surface area contributed by atoms with Crippen LogP contribution < -0.4 is 4.72 Å². The first-order valence-corrected chi connectivity index (χ1v) is 10.4. The van der Waals surface area contributed by atoms with Gasteiger partial charge >= 0.3 is 0 Å². The van der Waals surface area contributed by atoms with Crippen molar-refractivity contribution in [2.75, 3.05) is 0 Å². The minimum Gasteiger partial charge on any atom is -0.212 e. The third kappa shape index (κ3) is 2.45. The van der Waals surface area contributed by atoms with Crippen LogP contribution in [0.2, 0.25) is 19.6 Å². The van der Waals surface area contributed by atoms with Crippen LogP contribution in [0, 0.1) is 0 Å². The maximum Gasteiger partial charge on any atom is 0.215 e. The number of rotatable bonds is 3. The van der Waals surface area contributed by atoms with Crippen LogP contribution in [0.5, 0.6) is 0 Å². The highest BCUT2D eigenvalue weighted by Gasteiger charge is 2.62. The van der Waals surface area contributed by atoms with E-state index in [0.29, 0.717) is 0 Å². The Morgan fingerprint density at radius 3 is 1.73 bits per heavy atom. The average Bonchev–Trinajstić information content (AvgIpc) is 2.53. The lowest BCUT2D eigenvalue weighted by molar-refractivity contribution is 0.488. The summed E-state index contributed by atoms with van der Waals surface area (Å²) in [6.45, 7) is 12.1. The van der Waals surface area contributed by atoms with Crippen molar-refractivity contribution in [1.29, 1.82) is 0 Å². The van der Waals surface area contributed by atoms with Crippen molar-refractivity contribution in [2.24, 2.45) is 0 Å². The average molecular weight is 249 g/mol. The summed E-state index contributed by atoms with van der Waals surface area (Å²) in [7, 11) is -4.81. The van der Waals surface area contributed by atoms with Crippen LogP contribution in [0.4, 0.5) is 0 Å². The van der Waals surface area contributed by atoms with Gasteiger partial charge in [0.15, 0.2) is 0 Å². The molecule has 1 fully saturated rings. The van der Waals surface area contributed by atoms with E-state index in [9.17, 15) is 8.42 Å². The second kappa shape index (κ2) is 3.31. The van der Waals surface area contributed by atoms with Crippen molar-refractivity contribution < 1.29 is 8.42 Å². The van der Waals surface area contributed by atoms with Gasteiger partial charge in [-0.1, -0.05) is 19.6 Å². The van der Waals surface area contributed by atoms with Crippen molar-refractivity contribution in [2.45, 2.75) is 63.2 Å². The molecule has 1 saturated carbocycles. The van der Waals surface area contributed by atoms with Crippen molar-refractivity contribution in [3.05, 3.63) is 0 Å². The Morgan fingerprint density at radius 1 is 1.13 bits per heavy atom. The molecule has 90 valence electrons. The maximum absolute atomic E-state index is 12.3. The monoisotopic (exact) mass is 249 g/mol. The molecule has 3 nitrogen and oxygen atoms in total. The minimum absolute atomic E-state index is 0.367. The molecule has 15 heavy (non-hydrogen) atoms. The van der Waals surface area contributed by atoms with Gasteiger partial charge in [-0.2, -0.15) is 0 Å². The molecule has 0 aromatic rings. The molecule has 1 N–H and O–H groups in total. The van der Waals surface area contributed by atoms with Crippen LogP contribution in [0.25, 0.3) is 0 Å². The number of hydrogen-bond acceptors (Lipinski definition) is 2. The van der Waals surface area contributed by atoms with Crippen molar-refractivity contribution in [3.8, 4) is 0 Å². The first-order chi connectivity index (χ1) is 6.41. The molecule has 1 aliphatic rings. The van der Waals surface area contributed by atoms with E-state index in [-0.39, 0.29) is 5.54 Å². The first kappa shape index (κ1) is 13.2. The van der Waals surface area contributed by atoms with Gasteiger partial charge in [-0.15, -0.1) is 0 Å². The summed E-state index contributed by atoms with van der Waals surface area (Å²) in [5, 5.41) is 0. The number of hydrogen-bond donors (Lipinski definition) is 1. The zero-order valence-electron chi connectivity index (χ0n) is 10.6. The van der Waals surface area contributed by atoms with E-state index >= 15 is 0 Å². The van der Waals surface area contributed by atoms with E-state index in [1.807, 2.05) is 20.8 Å². The van der Waals surface area contributed by atoms with Crippen LogP contribution in [0.3, 0.4) is 0 Å². The molecule has 0 radical (unpaired) electrons. The summed E-state index contributed by atoms with van der Waals surface area (Å²) in [4.78, 5) is 0. The smallest absolute Gasteiger partial charge is 0.212 e. The van der Waals surface area contributed by atoms with E-state index in [1.165, 1.54) is 0 Å². The van der Waals surface area contributed by atoms with Gasteiger partial charge in [0.2, 0.25) is 10.0 Å². The Bertz CT molecular complexity index is 345. The molecule has 0 aliphatic heterocycles. The quantitative estimate of drug-likeness (QED) is 0.779. The van der Waals surface area contributed by atoms with Gasteiger partial charge in [0, 0.05) is 5.54 Å². The summed E-state index contributed by atoms with van der Waals surface area (Å²) in [5.74, 6) is 0. The molecular weight excluding hydrogens is 226 g/mol. The van der Waals surface area contributed by atoms with E-state index in [1.54, 1.807) is 0 Å². The molecule has 0 bridgehead atoms. The van der Waals surface area contributed by atoms with Gasteiger partial charge in [-0.3, -0.25) is 0 Å². The Kier molecular flexibility index (Phi) is 2.91. The lowest BCUT2D eigenvalue weighted by Crippen LogP contribution is -2.55. The third-order valence-corrected chi connectivity index (χ3v) is 11.2. The molecule has 0 amide bonds. The molecular formula is C10H23NO2SSi. The fraction of sp³-hybridized carbons (Fsp3) is 1.00. The van der Waals surface area contributed by atoms with E-state index in [2.05, 4.69) is 24.4 Å². The second-order valence-corrected chi connectivity index (χ2v) is 14.4. The van der Waals surface area contributed by atoms with Gasteiger partial charge in [-0.05, 0) is 33.6 Å². The van der Waals surface area contributed by atoms with E-state index < -0.39 is 22.5 Å². The molecule has 1 aliphatic carbocycles. The van der Waals surface area contributed by atoms with Gasteiger partial charge in [0.25, 0.3) is 0 Å². The lowest BCUT2D eigenvalue weighted by Gasteiger charge is -2.32. The largest absolute Gasteiger partial charge is 0.215 e. The molecule has 0 heterocycles. The molecule has 0 aromatic carbocycles. The van der Waals surface area contributed by atoms with E-state index in [4.69, 9.17) is 0 Å². The number of nitrogens with one attached hydrogen (secondary N) is 1. The molecule has 1 rings (SSSR count). The highest BCUT2D eigenvalue weighted by molar-refractivity contribution is 7.93. The topological polar surface area (TPSA) is 46.2 Å². The highest BCUT2D eigenvalue weighted by atomic mass is 32.2. The SMILES string of the molecule is CC(C)(C)NS(=O)(=O)C1([Si](C)(C)C)CC1. The fourth-order valence-electron chi connectivity index (χ4n) is 2.04. The Morgan fingerprint density at radius 2 is 1.53 bits per heavy atom. The van der Waals surface area contributed by atoms with E-state index in [0.717, 1.165) is 12.8 Å². The maximum atomic E-state index is 12.3. The van der Waals surface area contributed by atoms with Gasteiger partial charge < -0.3 is 0 Å². The van der Waals surface area contributed by atoms with Crippen LogP contribution in [0.1, 0.15) is 33.6 Å². The van der Waals surface area contributed by atoms with Gasteiger partial charge in [-0.25, -0.2) is 13.1 Å². The zero-order valence-corrected chi connectivity index (χ0v) is 12.5. The van der Waals surface area contributed by atoms with Crippen LogP contribution >= 0.6 is 0 Å². The van der Waals surface area contributed by atoms with Gasteiger partial charge in [0.05, 0.1) is 12.4 Å².